The molecule has 0 radical (unpaired) electrons. The van der Waals surface area contributed by atoms with Crippen LogP contribution < -0.4 is 18.9 Å². The highest BCUT2D eigenvalue weighted by molar-refractivity contribution is 5.68. The number of carboxylic acid groups (broad SMARTS) is 4. The Morgan fingerprint density at radius 3 is 0.611 bits per heavy atom. The Morgan fingerprint density at radius 2 is 0.486 bits per heavy atom. The molecule has 392 valence electrons. The van der Waals surface area contributed by atoms with Gasteiger partial charge in [-0.05, 0) is 114 Å². The molecule has 0 aliphatic heterocycles. The quantitative estimate of drug-likeness (QED) is 0.0542. The van der Waals surface area contributed by atoms with Gasteiger partial charge in [-0.2, -0.15) is 0 Å². The summed E-state index contributed by atoms with van der Waals surface area (Å²) < 4.78 is 27.3. The predicted molar refractivity (Wildman–Crippen MR) is 281 cm³/mol. The number of ether oxygens (including phenoxy) is 4. The lowest BCUT2D eigenvalue weighted by Gasteiger charge is -2.29. The molecule has 1 aliphatic rings. The molecule has 0 fully saturated rings. The summed E-state index contributed by atoms with van der Waals surface area (Å²) in [5.74, 6) is -1.11. The van der Waals surface area contributed by atoms with E-state index in [0.29, 0.717) is 48.7 Å². The van der Waals surface area contributed by atoms with E-state index in [1.54, 1.807) is 0 Å². The van der Waals surface area contributed by atoms with E-state index in [1.807, 2.05) is 0 Å². The normalized spacial score (nSPS) is 13.1. The maximum absolute atomic E-state index is 11.8. The molecule has 5 rings (SSSR count). The van der Waals surface area contributed by atoms with Crippen molar-refractivity contribution in [2.45, 2.75) is 182 Å². The Morgan fingerprint density at radius 1 is 0.333 bits per heavy atom. The molecule has 12 heteroatoms. The van der Waals surface area contributed by atoms with Crippen LogP contribution in [0.4, 0.5) is 0 Å². The molecule has 0 saturated carbocycles. The minimum absolute atomic E-state index is 0.0658. The van der Waals surface area contributed by atoms with Crippen LogP contribution in [-0.4, -0.2) is 70.7 Å². The third kappa shape index (κ3) is 16.0. The first-order valence-electron chi connectivity index (χ1n) is 25.5. The van der Waals surface area contributed by atoms with Gasteiger partial charge in [0.15, 0.2) is 0 Å². The number of rotatable bonds is 20. The van der Waals surface area contributed by atoms with Gasteiger partial charge in [-0.3, -0.25) is 19.2 Å². The molecule has 8 bridgehead atoms. The SMILES string of the molecule is CC(C)(C)c1cc2c(OCCCC(=O)O)c(c1)Cc1cc(C(C)(C)C)cc(c1OCCCC(=O)O)Cc1cc(C(C)(C)C)cc(c1OCCCC(=O)O)Cc1cc(C(C)(C)C)cc(c1OCCCC(=O)O)C2. The lowest BCUT2D eigenvalue weighted by molar-refractivity contribution is -0.138. The van der Waals surface area contributed by atoms with Crippen LogP contribution in [0.15, 0.2) is 48.5 Å². The number of hydrogen-bond acceptors (Lipinski definition) is 8. The van der Waals surface area contributed by atoms with Crippen molar-refractivity contribution in [3.8, 4) is 23.0 Å². The Labute approximate surface area is 427 Å². The fourth-order valence-corrected chi connectivity index (χ4v) is 8.95. The van der Waals surface area contributed by atoms with E-state index < -0.39 is 23.9 Å². The van der Waals surface area contributed by atoms with Gasteiger partial charge in [0.05, 0.1) is 26.4 Å². The summed E-state index contributed by atoms with van der Waals surface area (Å²) >= 11 is 0. The van der Waals surface area contributed by atoms with E-state index in [-0.39, 0.29) is 99.5 Å². The second kappa shape index (κ2) is 23.7. The van der Waals surface area contributed by atoms with Crippen LogP contribution in [0.5, 0.6) is 23.0 Å². The van der Waals surface area contributed by atoms with Crippen LogP contribution in [0.2, 0.25) is 0 Å². The fraction of sp³-hybridized carbons (Fsp3) is 0.533. The van der Waals surface area contributed by atoms with Crippen molar-refractivity contribution in [1.29, 1.82) is 0 Å². The van der Waals surface area contributed by atoms with Crippen molar-refractivity contribution in [2.75, 3.05) is 26.4 Å². The third-order valence-corrected chi connectivity index (χ3v) is 13.1. The second-order valence-corrected chi connectivity index (χ2v) is 23.6. The van der Waals surface area contributed by atoms with E-state index >= 15 is 0 Å². The monoisotopic (exact) mass is 993 g/mol. The molecule has 0 unspecified atom stereocenters. The lowest BCUT2D eigenvalue weighted by Crippen LogP contribution is -2.18. The van der Waals surface area contributed by atoms with Crippen LogP contribution in [0.25, 0.3) is 0 Å². The van der Waals surface area contributed by atoms with Crippen LogP contribution in [0.3, 0.4) is 0 Å². The topological polar surface area (TPSA) is 186 Å². The summed E-state index contributed by atoms with van der Waals surface area (Å²) in [6.45, 7) is 26.6. The maximum Gasteiger partial charge on any atom is 0.303 e. The van der Waals surface area contributed by atoms with E-state index in [0.717, 1.165) is 66.8 Å². The van der Waals surface area contributed by atoms with Crippen molar-refractivity contribution < 1.29 is 58.6 Å². The minimum atomic E-state index is -0.913. The van der Waals surface area contributed by atoms with Crippen molar-refractivity contribution >= 4 is 23.9 Å². The molecule has 0 atom stereocenters. The van der Waals surface area contributed by atoms with Gasteiger partial charge in [0.2, 0.25) is 0 Å². The molecule has 4 aromatic rings. The Kier molecular flexibility index (Phi) is 18.7. The van der Waals surface area contributed by atoms with Gasteiger partial charge in [0.25, 0.3) is 0 Å². The highest BCUT2D eigenvalue weighted by Gasteiger charge is 2.30. The van der Waals surface area contributed by atoms with Crippen LogP contribution in [0.1, 0.15) is 201 Å². The Bertz CT molecular complexity index is 2140. The van der Waals surface area contributed by atoms with Crippen molar-refractivity contribution in [3.05, 3.63) is 115 Å². The summed E-state index contributed by atoms with van der Waals surface area (Å²) in [6, 6.07) is 17.4. The van der Waals surface area contributed by atoms with Gasteiger partial charge in [-0.25, -0.2) is 0 Å². The number of benzene rings is 4. The summed E-state index contributed by atoms with van der Waals surface area (Å²) in [5, 5.41) is 38.6. The first kappa shape index (κ1) is 56.9. The van der Waals surface area contributed by atoms with Crippen LogP contribution in [-0.2, 0) is 66.5 Å². The second-order valence-electron chi connectivity index (χ2n) is 23.6. The molecule has 0 spiro atoms. The summed E-state index contributed by atoms with van der Waals surface area (Å²) in [7, 11) is 0. The standard InChI is InChI=1S/C60H80O12/c1-57(2,3)45-29-37-25-39-31-46(58(4,5)6)33-41(54(39)70-22-14-18-50(63)64)27-43-35-48(60(10,11)12)36-44(56(43)72-24-16-20-52(67)68)28-42-34-47(59(7,8)9)32-40(55(42)71-23-15-19-51(65)66)26-38(30-45)53(37)69-21-13-17-49(61)62/h29-36H,13-28H2,1-12H3,(H,61,62)(H,63,64)(H,65,66)(H,67,68). The zero-order valence-corrected chi connectivity index (χ0v) is 45.0. The summed E-state index contributed by atoms with van der Waals surface area (Å²) in [6.07, 6.45) is 2.30. The summed E-state index contributed by atoms with van der Waals surface area (Å²) in [5.41, 5.74) is 10.0. The minimum Gasteiger partial charge on any atom is -0.493 e. The van der Waals surface area contributed by atoms with Gasteiger partial charge in [-0.1, -0.05) is 132 Å². The Balaban J connectivity index is 1.99. The first-order chi connectivity index (χ1) is 33.5. The van der Waals surface area contributed by atoms with Crippen molar-refractivity contribution in [1.82, 2.24) is 0 Å². The van der Waals surface area contributed by atoms with E-state index in [9.17, 15) is 39.6 Å². The molecule has 1 aliphatic carbocycles. The zero-order chi connectivity index (χ0) is 53.3. The van der Waals surface area contributed by atoms with Crippen LogP contribution in [0, 0.1) is 0 Å². The molecule has 0 heterocycles. The molecule has 72 heavy (non-hydrogen) atoms. The van der Waals surface area contributed by atoms with Crippen molar-refractivity contribution in [2.24, 2.45) is 0 Å². The highest BCUT2D eigenvalue weighted by atomic mass is 16.5. The van der Waals surface area contributed by atoms with Gasteiger partial charge in [0, 0.05) is 51.4 Å². The molecule has 12 nitrogen and oxygen atoms in total. The number of hydrogen-bond donors (Lipinski definition) is 4. The molecule has 4 N–H and O–H groups in total. The van der Waals surface area contributed by atoms with E-state index in [2.05, 4.69) is 132 Å². The fourth-order valence-electron chi connectivity index (χ4n) is 8.95. The van der Waals surface area contributed by atoms with Gasteiger partial charge in [-0.15, -0.1) is 0 Å². The highest BCUT2D eigenvalue weighted by Crippen LogP contribution is 2.44. The molecule has 0 amide bonds. The maximum atomic E-state index is 11.8. The predicted octanol–water partition coefficient (Wildman–Crippen LogP) is 12.5. The number of carboxylic acids is 4. The summed E-state index contributed by atoms with van der Waals surface area (Å²) in [4.78, 5) is 47.1. The molecular formula is C60H80O12. The van der Waals surface area contributed by atoms with E-state index in [4.69, 9.17) is 18.9 Å². The lowest BCUT2D eigenvalue weighted by atomic mass is 9.79. The number of fused-ring (bicyclic) bond motifs is 8. The smallest absolute Gasteiger partial charge is 0.303 e. The molecule has 4 aromatic carbocycles. The number of aliphatic carboxylic acids is 4. The average molecular weight is 993 g/mol. The Hall–Kier alpha value is -6.04. The molecular weight excluding hydrogens is 913 g/mol. The van der Waals surface area contributed by atoms with E-state index in [1.165, 1.54) is 0 Å². The zero-order valence-electron chi connectivity index (χ0n) is 45.0. The van der Waals surface area contributed by atoms with Crippen LogP contribution >= 0.6 is 0 Å². The molecule has 0 aromatic heterocycles. The largest absolute Gasteiger partial charge is 0.493 e. The molecule has 0 saturated heterocycles. The first-order valence-corrected chi connectivity index (χ1v) is 25.5. The number of carbonyl (C=O) groups is 4. The van der Waals surface area contributed by atoms with Gasteiger partial charge >= 0.3 is 23.9 Å². The average Bonchev–Trinajstić information content (AvgIpc) is 3.24. The van der Waals surface area contributed by atoms with Gasteiger partial charge in [0.1, 0.15) is 23.0 Å². The third-order valence-electron chi connectivity index (χ3n) is 13.1. The van der Waals surface area contributed by atoms with Gasteiger partial charge < -0.3 is 39.4 Å². The van der Waals surface area contributed by atoms with Crippen molar-refractivity contribution in [3.63, 3.8) is 0 Å².